The van der Waals surface area contributed by atoms with Gasteiger partial charge >= 0.3 is 0 Å². The van der Waals surface area contributed by atoms with Crippen LogP contribution in [0, 0.1) is 5.92 Å². The van der Waals surface area contributed by atoms with Crippen molar-refractivity contribution in [3.05, 3.63) is 71.6 Å². The Morgan fingerprint density at radius 1 is 1.15 bits per heavy atom. The minimum atomic E-state index is -0.821. The van der Waals surface area contributed by atoms with Gasteiger partial charge in [0, 0.05) is 22.9 Å². The summed E-state index contributed by atoms with van der Waals surface area (Å²) >= 11 is 0. The summed E-state index contributed by atoms with van der Waals surface area (Å²) in [4.78, 5) is 7.92. The molecule has 0 amide bonds. The average molecular weight is 346 g/mol. The average Bonchev–Trinajstić information content (AvgIpc) is 3.28. The molecule has 3 heteroatoms. The number of aliphatic hydroxyl groups is 1. The van der Waals surface area contributed by atoms with Gasteiger partial charge in [0.15, 0.2) is 0 Å². The number of nitrogens with zero attached hydrogens (tertiary/aromatic N) is 1. The first-order chi connectivity index (χ1) is 12.5. The maximum absolute atomic E-state index is 10.2. The molecule has 2 N–H and O–H groups in total. The Labute approximate surface area is 154 Å². The second-order valence-electron chi connectivity index (χ2n) is 7.89. The highest BCUT2D eigenvalue weighted by molar-refractivity contribution is 5.86. The lowest BCUT2D eigenvalue weighted by molar-refractivity contribution is 0.0786. The van der Waals surface area contributed by atoms with Crippen LogP contribution in [0.1, 0.15) is 56.4 Å². The third kappa shape index (κ3) is 3.45. The number of hydrogen-bond donors (Lipinski definition) is 2. The fourth-order valence-corrected chi connectivity index (χ4v) is 3.86. The number of aromatic nitrogens is 2. The van der Waals surface area contributed by atoms with Crippen molar-refractivity contribution in [1.82, 2.24) is 9.97 Å². The van der Waals surface area contributed by atoms with E-state index in [0.29, 0.717) is 5.92 Å². The van der Waals surface area contributed by atoms with Gasteiger partial charge in [-0.05, 0) is 61.9 Å². The van der Waals surface area contributed by atoms with Gasteiger partial charge in [0.2, 0.25) is 0 Å². The van der Waals surface area contributed by atoms with E-state index < -0.39 is 5.60 Å². The molecule has 0 spiro atoms. The van der Waals surface area contributed by atoms with Crippen LogP contribution in [0.15, 0.2) is 54.7 Å². The van der Waals surface area contributed by atoms with E-state index >= 15 is 0 Å². The molecule has 1 aliphatic rings. The Kier molecular flexibility index (Phi) is 4.41. The summed E-state index contributed by atoms with van der Waals surface area (Å²) in [6, 6.07) is 14.5. The number of pyridine rings is 1. The number of rotatable bonds is 4. The van der Waals surface area contributed by atoms with Gasteiger partial charge in [0.25, 0.3) is 0 Å². The van der Waals surface area contributed by atoms with Gasteiger partial charge in [-0.2, -0.15) is 0 Å². The maximum atomic E-state index is 10.2. The molecular formula is C23H26N2O. The summed E-state index contributed by atoms with van der Waals surface area (Å²) in [5.41, 5.74) is 4.56. The van der Waals surface area contributed by atoms with Crippen molar-refractivity contribution in [2.24, 2.45) is 5.92 Å². The topological polar surface area (TPSA) is 48.9 Å². The Bertz CT molecular complexity index is 890. The van der Waals surface area contributed by atoms with Crippen molar-refractivity contribution in [2.45, 2.75) is 45.1 Å². The van der Waals surface area contributed by atoms with Crippen LogP contribution in [0.5, 0.6) is 0 Å². The summed E-state index contributed by atoms with van der Waals surface area (Å²) in [6.45, 7) is 3.64. The maximum Gasteiger partial charge on any atom is 0.137 e. The van der Waals surface area contributed by atoms with Gasteiger partial charge in [-0.1, -0.05) is 43.2 Å². The van der Waals surface area contributed by atoms with Gasteiger partial charge in [0.05, 0.1) is 5.60 Å². The van der Waals surface area contributed by atoms with E-state index in [1.807, 2.05) is 38.2 Å². The molecule has 1 aliphatic carbocycles. The number of hydrogen-bond acceptors (Lipinski definition) is 2. The molecule has 2 heterocycles. The van der Waals surface area contributed by atoms with E-state index in [0.717, 1.165) is 22.3 Å². The fourth-order valence-electron chi connectivity index (χ4n) is 3.86. The molecule has 1 saturated carbocycles. The quantitative estimate of drug-likeness (QED) is 0.663. The lowest BCUT2D eigenvalue weighted by Crippen LogP contribution is -2.15. The first kappa shape index (κ1) is 17.0. The minimum absolute atomic E-state index is 0.637. The Morgan fingerprint density at radius 3 is 2.54 bits per heavy atom. The summed E-state index contributed by atoms with van der Waals surface area (Å²) in [6.07, 6.45) is 9.42. The van der Waals surface area contributed by atoms with E-state index in [-0.39, 0.29) is 0 Å². The molecule has 0 bridgehead atoms. The monoisotopic (exact) mass is 346 g/mol. The number of H-pyrrole nitrogens is 1. The molecule has 0 saturated heterocycles. The molecule has 2 aromatic heterocycles. The summed E-state index contributed by atoms with van der Waals surface area (Å²) < 4.78 is 0. The van der Waals surface area contributed by atoms with Gasteiger partial charge in [0.1, 0.15) is 5.65 Å². The van der Waals surface area contributed by atoms with Crippen LogP contribution in [0.4, 0.5) is 0 Å². The van der Waals surface area contributed by atoms with Crippen LogP contribution in [0.2, 0.25) is 0 Å². The standard InChI is InChI=1S/C23H26N2O/c1-23(2,26)19-11-9-17(10-12-19)20(14-16-6-3-4-7-16)21-15-18-8-5-13-24-22(18)25-21/h5,8-16,26H,3-4,6-7H2,1-2H3,(H,24,25). The van der Waals surface area contributed by atoms with Crippen LogP contribution >= 0.6 is 0 Å². The van der Waals surface area contributed by atoms with Gasteiger partial charge in [-0.3, -0.25) is 0 Å². The van der Waals surface area contributed by atoms with Gasteiger partial charge < -0.3 is 10.1 Å². The van der Waals surface area contributed by atoms with Gasteiger partial charge in [-0.15, -0.1) is 0 Å². The third-order valence-corrected chi connectivity index (χ3v) is 5.39. The molecule has 26 heavy (non-hydrogen) atoms. The number of benzene rings is 1. The van der Waals surface area contributed by atoms with E-state index in [4.69, 9.17) is 0 Å². The van der Waals surface area contributed by atoms with Crippen molar-refractivity contribution in [3.63, 3.8) is 0 Å². The van der Waals surface area contributed by atoms with Crippen LogP contribution < -0.4 is 0 Å². The van der Waals surface area contributed by atoms with Crippen molar-refractivity contribution in [1.29, 1.82) is 0 Å². The van der Waals surface area contributed by atoms with Crippen molar-refractivity contribution in [3.8, 4) is 0 Å². The van der Waals surface area contributed by atoms with E-state index in [1.54, 1.807) is 0 Å². The first-order valence-electron chi connectivity index (χ1n) is 9.50. The Balaban J connectivity index is 1.78. The lowest BCUT2D eigenvalue weighted by atomic mass is 9.92. The third-order valence-electron chi connectivity index (χ3n) is 5.39. The van der Waals surface area contributed by atoms with Crippen molar-refractivity contribution in [2.75, 3.05) is 0 Å². The Hall–Kier alpha value is -2.39. The zero-order valence-corrected chi connectivity index (χ0v) is 15.5. The molecule has 3 aromatic rings. The predicted molar refractivity (Wildman–Crippen MR) is 107 cm³/mol. The largest absolute Gasteiger partial charge is 0.386 e. The zero-order valence-electron chi connectivity index (χ0n) is 15.5. The highest BCUT2D eigenvalue weighted by Gasteiger charge is 2.19. The molecule has 3 nitrogen and oxygen atoms in total. The molecule has 0 aliphatic heterocycles. The lowest BCUT2D eigenvalue weighted by Gasteiger charge is -2.18. The molecule has 0 unspecified atom stereocenters. The molecule has 4 rings (SSSR count). The predicted octanol–water partition coefficient (Wildman–Crippen LogP) is 5.41. The first-order valence-corrected chi connectivity index (χ1v) is 9.50. The van der Waals surface area contributed by atoms with E-state index in [2.05, 4.69) is 40.3 Å². The summed E-state index contributed by atoms with van der Waals surface area (Å²) in [5.74, 6) is 0.637. The van der Waals surface area contributed by atoms with E-state index in [9.17, 15) is 5.11 Å². The van der Waals surface area contributed by atoms with E-state index in [1.165, 1.54) is 36.8 Å². The smallest absolute Gasteiger partial charge is 0.137 e. The normalized spacial score (nSPS) is 16.5. The fraction of sp³-hybridized carbons (Fsp3) is 0.348. The summed E-state index contributed by atoms with van der Waals surface area (Å²) in [7, 11) is 0. The molecule has 1 aromatic carbocycles. The number of allylic oxidation sites excluding steroid dienone is 1. The molecule has 0 atom stereocenters. The number of aromatic amines is 1. The highest BCUT2D eigenvalue weighted by Crippen LogP contribution is 2.33. The summed E-state index contributed by atoms with van der Waals surface area (Å²) in [5, 5.41) is 11.4. The molecule has 134 valence electrons. The van der Waals surface area contributed by atoms with Gasteiger partial charge in [-0.25, -0.2) is 4.98 Å². The highest BCUT2D eigenvalue weighted by atomic mass is 16.3. The number of fused-ring (bicyclic) bond motifs is 1. The second kappa shape index (κ2) is 6.73. The Morgan fingerprint density at radius 2 is 1.88 bits per heavy atom. The molecule has 0 radical (unpaired) electrons. The van der Waals surface area contributed by atoms with Crippen LogP contribution in [0.3, 0.4) is 0 Å². The molecular weight excluding hydrogens is 320 g/mol. The van der Waals surface area contributed by atoms with Crippen LogP contribution in [-0.4, -0.2) is 15.1 Å². The second-order valence-corrected chi connectivity index (χ2v) is 7.89. The number of nitrogens with one attached hydrogen (secondary N) is 1. The minimum Gasteiger partial charge on any atom is -0.386 e. The van der Waals surface area contributed by atoms with Crippen LogP contribution in [0.25, 0.3) is 16.6 Å². The zero-order chi connectivity index (χ0) is 18.1. The van der Waals surface area contributed by atoms with Crippen molar-refractivity contribution >= 4 is 16.6 Å². The van der Waals surface area contributed by atoms with Crippen molar-refractivity contribution < 1.29 is 5.11 Å². The molecule has 1 fully saturated rings. The SMILES string of the molecule is CC(C)(O)c1ccc(C(=CC2CCCC2)c2cc3cccnc3[nH]2)cc1. The van der Waals surface area contributed by atoms with Crippen LogP contribution in [-0.2, 0) is 5.60 Å².